The molecule has 0 aromatic heterocycles. The summed E-state index contributed by atoms with van der Waals surface area (Å²) in [5.41, 5.74) is 5.99. The molecular formula is C12H9F2N. The molecule has 0 atom stereocenters. The molecule has 0 amide bonds. The van der Waals surface area contributed by atoms with Crippen molar-refractivity contribution in [3.05, 3.63) is 54.1 Å². The van der Waals surface area contributed by atoms with E-state index in [9.17, 15) is 8.78 Å². The van der Waals surface area contributed by atoms with E-state index in [0.29, 0.717) is 5.56 Å². The fourth-order valence-corrected chi connectivity index (χ4v) is 1.38. The second-order valence-corrected chi connectivity index (χ2v) is 3.22. The molecule has 0 bridgehead atoms. The van der Waals surface area contributed by atoms with Gasteiger partial charge in [0, 0.05) is 0 Å². The molecule has 0 unspecified atom stereocenters. The van der Waals surface area contributed by atoms with Gasteiger partial charge in [0.25, 0.3) is 0 Å². The third kappa shape index (κ3) is 1.81. The highest BCUT2D eigenvalue weighted by Gasteiger charge is 2.08. The van der Waals surface area contributed by atoms with E-state index in [4.69, 9.17) is 5.73 Å². The van der Waals surface area contributed by atoms with Crippen molar-refractivity contribution in [3.63, 3.8) is 0 Å². The molecule has 0 fully saturated rings. The fourth-order valence-electron chi connectivity index (χ4n) is 1.38. The number of nitrogen functional groups attached to an aromatic ring is 1. The first kappa shape index (κ1) is 9.65. The Kier molecular flexibility index (Phi) is 2.37. The van der Waals surface area contributed by atoms with E-state index in [1.165, 1.54) is 12.1 Å². The highest BCUT2D eigenvalue weighted by Crippen LogP contribution is 2.25. The normalized spacial score (nSPS) is 10.3. The average Bonchev–Trinajstić information content (AvgIpc) is 2.26. The number of anilines is 1. The summed E-state index contributed by atoms with van der Waals surface area (Å²) in [6.07, 6.45) is 0. The van der Waals surface area contributed by atoms with Crippen LogP contribution in [0.1, 0.15) is 0 Å². The van der Waals surface area contributed by atoms with Crippen LogP contribution in [0, 0.1) is 11.6 Å². The van der Waals surface area contributed by atoms with Gasteiger partial charge in [-0.25, -0.2) is 8.78 Å². The lowest BCUT2D eigenvalue weighted by Gasteiger charge is -2.04. The third-order valence-electron chi connectivity index (χ3n) is 2.19. The van der Waals surface area contributed by atoms with Crippen LogP contribution in [0.15, 0.2) is 42.5 Å². The van der Waals surface area contributed by atoms with Gasteiger partial charge < -0.3 is 5.73 Å². The molecule has 2 aromatic rings. The van der Waals surface area contributed by atoms with Crippen molar-refractivity contribution in [2.45, 2.75) is 0 Å². The van der Waals surface area contributed by atoms with Crippen LogP contribution >= 0.6 is 0 Å². The Morgan fingerprint density at radius 3 is 1.87 bits per heavy atom. The van der Waals surface area contributed by atoms with E-state index in [0.717, 1.165) is 5.56 Å². The van der Waals surface area contributed by atoms with Crippen LogP contribution in [-0.4, -0.2) is 0 Å². The highest BCUT2D eigenvalue weighted by molar-refractivity contribution is 5.66. The van der Waals surface area contributed by atoms with Gasteiger partial charge in [-0.2, -0.15) is 0 Å². The van der Waals surface area contributed by atoms with Gasteiger partial charge in [-0.3, -0.25) is 0 Å². The summed E-state index contributed by atoms with van der Waals surface area (Å²) in [4.78, 5) is 0. The molecule has 0 spiro atoms. The third-order valence-corrected chi connectivity index (χ3v) is 2.19. The van der Waals surface area contributed by atoms with Crippen molar-refractivity contribution in [3.8, 4) is 11.1 Å². The van der Waals surface area contributed by atoms with Gasteiger partial charge in [0.1, 0.15) is 17.3 Å². The predicted octanol–water partition coefficient (Wildman–Crippen LogP) is 3.21. The smallest absolute Gasteiger partial charge is 0.149 e. The summed E-state index contributed by atoms with van der Waals surface area (Å²) >= 11 is 0. The number of hydrogen-bond acceptors (Lipinski definition) is 1. The van der Waals surface area contributed by atoms with E-state index < -0.39 is 17.3 Å². The Morgan fingerprint density at radius 2 is 1.33 bits per heavy atom. The van der Waals surface area contributed by atoms with Crippen molar-refractivity contribution < 1.29 is 8.78 Å². The molecule has 0 aliphatic carbocycles. The highest BCUT2D eigenvalue weighted by atomic mass is 19.1. The first-order valence-electron chi connectivity index (χ1n) is 4.48. The zero-order valence-corrected chi connectivity index (χ0v) is 7.87. The first-order valence-corrected chi connectivity index (χ1v) is 4.48. The zero-order chi connectivity index (χ0) is 10.8. The summed E-state index contributed by atoms with van der Waals surface area (Å²) in [6, 6.07) is 11.5. The maximum Gasteiger partial charge on any atom is 0.149 e. The largest absolute Gasteiger partial charge is 0.394 e. The standard InChI is InChI=1S/C12H9F2N/c13-10-6-9(7-11(14)12(10)15)8-4-2-1-3-5-8/h1-7H,15H2. The molecule has 0 aliphatic rings. The molecule has 1 nitrogen and oxygen atoms in total. The van der Waals surface area contributed by atoms with Gasteiger partial charge in [0.2, 0.25) is 0 Å². The van der Waals surface area contributed by atoms with E-state index in [1.54, 1.807) is 12.1 Å². The lowest BCUT2D eigenvalue weighted by Crippen LogP contribution is -1.95. The van der Waals surface area contributed by atoms with Crippen molar-refractivity contribution in [1.82, 2.24) is 0 Å². The van der Waals surface area contributed by atoms with Gasteiger partial charge in [0.15, 0.2) is 0 Å². The first-order chi connectivity index (χ1) is 7.18. The van der Waals surface area contributed by atoms with Crippen LogP contribution in [0.5, 0.6) is 0 Å². The molecule has 15 heavy (non-hydrogen) atoms. The molecule has 3 heteroatoms. The Hall–Kier alpha value is -1.90. The lowest BCUT2D eigenvalue weighted by atomic mass is 10.1. The van der Waals surface area contributed by atoms with Crippen LogP contribution < -0.4 is 5.73 Å². The number of rotatable bonds is 1. The van der Waals surface area contributed by atoms with Gasteiger partial charge in [-0.1, -0.05) is 30.3 Å². The van der Waals surface area contributed by atoms with Crippen LogP contribution in [0.2, 0.25) is 0 Å². The van der Waals surface area contributed by atoms with E-state index in [-0.39, 0.29) is 0 Å². The maximum atomic E-state index is 13.2. The summed E-state index contributed by atoms with van der Waals surface area (Å²) < 4.78 is 26.3. The minimum atomic E-state index is -0.728. The summed E-state index contributed by atoms with van der Waals surface area (Å²) in [5.74, 6) is -1.46. The number of hydrogen-bond donors (Lipinski definition) is 1. The molecule has 0 saturated carbocycles. The minimum Gasteiger partial charge on any atom is -0.394 e. The van der Waals surface area contributed by atoms with Gasteiger partial charge >= 0.3 is 0 Å². The number of nitrogens with two attached hydrogens (primary N) is 1. The van der Waals surface area contributed by atoms with E-state index in [2.05, 4.69) is 0 Å². The van der Waals surface area contributed by atoms with E-state index in [1.807, 2.05) is 18.2 Å². The van der Waals surface area contributed by atoms with Gasteiger partial charge in [-0.05, 0) is 23.3 Å². The Morgan fingerprint density at radius 1 is 0.800 bits per heavy atom. The second-order valence-electron chi connectivity index (χ2n) is 3.22. The van der Waals surface area contributed by atoms with Gasteiger partial charge in [0.05, 0.1) is 0 Å². The quantitative estimate of drug-likeness (QED) is 0.711. The zero-order valence-electron chi connectivity index (χ0n) is 7.87. The van der Waals surface area contributed by atoms with Crippen LogP contribution in [-0.2, 0) is 0 Å². The predicted molar refractivity (Wildman–Crippen MR) is 56.2 cm³/mol. The molecule has 76 valence electrons. The summed E-state index contributed by atoms with van der Waals surface area (Å²) in [7, 11) is 0. The Balaban J connectivity index is 2.56. The van der Waals surface area contributed by atoms with Crippen LogP contribution in [0.25, 0.3) is 11.1 Å². The molecule has 2 rings (SSSR count). The van der Waals surface area contributed by atoms with E-state index >= 15 is 0 Å². The Bertz CT molecular complexity index is 457. The molecular weight excluding hydrogens is 196 g/mol. The molecule has 2 N–H and O–H groups in total. The van der Waals surface area contributed by atoms with Crippen molar-refractivity contribution >= 4 is 5.69 Å². The summed E-state index contributed by atoms with van der Waals surface area (Å²) in [6.45, 7) is 0. The lowest BCUT2D eigenvalue weighted by molar-refractivity contribution is 0.592. The average molecular weight is 205 g/mol. The van der Waals surface area contributed by atoms with Crippen molar-refractivity contribution in [2.75, 3.05) is 5.73 Å². The maximum absolute atomic E-state index is 13.2. The fraction of sp³-hybridized carbons (Fsp3) is 0. The number of benzene rings is 2. The summed E-state index contributed by atoms with van der Waals surface area (Å²) in [5, 5.41) is 0. The van der Waals surface area contributed by atoms with Crippen LogP contribution in [0.4, 0.5) is 14.5 Å². The second kappa shape index (κ2) is 3.69. The molecule has 0 radical (unpaired) electrons. The monoisotopic (exact) mass is 205 g/mol. The Labute approximate surface area is 86.2 Å². The SMILES string of the molecule is Nc1c(F)cc(-c2ccccc2)cc1F. The minimum absolute atomic E-state index is 0.435. The topological polar surface area (TPSA) is 26.0 Å². The molecule has 0 saturated heterocycles. The molecule has 0 aliphatic heterocycles. The molecule has 0 heterocycles. The van der Waals surface area contributed by atoms with Crippen LogP contribution in [0.3, 0.4) is 0 Å². The van der Waals surface area contributed by atoms with Gasteiger partial charge in [-0.15, -0.1) is 0 Å². The molecule has 2 aromatic carbocycles. The number of halogens is 2. The van der Waals surface area contributed by atoms with Crippen molar-refractivity contribution in [2.24, 2.45) is 0 Å². The van der Waals surface area contributed by atoms with Crippen molar-refractivity contribution in [1.29, 1.82) is 0 Å².